The van der Waals surface area contributed by atoms with E-state index in [1.54, 1.807) is 42.5 Å². The fraction of sp³-hybridized carbons (Fsp3) is 0.310. The van der Waals surface area contributed by atoms with E-state index in [9.17, 15) is 18.0 Å². The van der Waals surface area contributed by atoms with Crippen molar-refractivity contribution in [3.8, 4) is 0 Å². The monoisotopic (exact) mass is 589 g/mol. The molecule has 0 aliphatic heterocycles. The molecule has 3 rings (SSSR count). The van der Waals surface area contributed by atoms with Crippen molar-refractivity contribution in [3.05, 3.63) is 99.5 Å². The molecule has 0 spiro atoms. The second-order valence-electron chi connectivity index (χ2n) is 9.37. The molecule has 0 bridgehead atoms. The Bertz CT molecular complexity index is 1380. The maximum atomic E-state index is 14.0. The fourth-order valence-electron chi connectivity index (χ4n) is 4.08. The summed E-state index contributed by atoms with van der Waals surface area (Å²) in [4.78, 5) is 28.9. The molecule has 0 aromatic heterocycles. The summed E-state index contributed by atoms with van der Waals surface area (Å²) in [5.74, 6) is -0.852. The molecule has 0 saturated heterocycles. The molecule has 0 aliphatic rings. The van der Waals surface area contributed by atoms with Crippen molar-refractivity contribution in [2.45, 2.75) is 39.3 Å². The Labute approximate surface area is 240 Å². The lowest BCUT2D eigenvalue weighted by Crippen LogP contribution is -2.53. The number of halogens is 2. The molecule has 0 unspecified atom stereocenters. The van der Waals surface area contributed by atoms with Gasteiger partial charge in [0.1, 0.15) is 12.6 Å². The van der Waals surface area contributed by atoms with E-state index in [0.717, 1.165) is 28.1 Å². The summed E-state index contributed by atoms with van der Waals surface area (Å²) in [6.07, 6.45) is 2.02. The lowest BCUT2D eigenvalue weighted by Gasteiger charge is -2.33. The van der Waals surface area contributed by atoms with Gasteiger partial charge >= 0.3 is 0 Å². The third-order valence-corrected chi connectivity index (χ3v) is 8.04. The van der Waals surface area contributed by atoms with Crippen molar-refractivity contribution in [2.75, 3.05) is 23.7 Å². The summed E-state index contributed by atoms with van der Waals surface area (Å²) in [5.41, 5.74) is 2.83. The molecule has 7 nitrogen and oxygen atoms in total. The maximum absolute atomic E-state index is 14.0. The lowest BCUT2D eigenvalue weighted by molar-refractivity contribution is -0.140. The van der Waals surface area contributed by atoms with Crippen molar-refractivity contribution in [2.24, 2.45) is 0 Å². The number of hydrogen-bond donors (Lipinski definition) is 1. The molecule has 39 heavy (non-hydrogen) atoms. The largest absolute Gasteiger partial charge is 0.354 e. The van der Waals surface area contributed by atoms with E-state index in [-0.39, 0.29) is 18.9 Å². The average Bonchev–Trinajstić information content (AvgIpc) is 2.90. The predicted octanol–water partition coefficient (Wildman–Crippen LogP) is 5.23. The quantitative estimate of drug-likeness (QED) is 0.313. The number of amides is 2. The average molecular weight is 591 g/mol. The van der Waals surface area contributed by atoms with Gasteiger partial charge in [0, 0.05) is 19.5 Å². The molecule has 0 saturated carbocycles. The highest BCUT2D eigenvalue weighted by Gasteiger charge is 2.33. The van der Waals surface area contributed by atoms with Crippen LogP contribution in [0.1, 0.15) is 30.0 Å². The van der Waals surface area contributed by atoms with Crippen LogP contribution in [-0.2, 0) is 32.6 Å². The number of nitrogens with one attached hydrogen (secondary N) is 1. The smallest absolute Gasteiger partial charge is 0.244 e. The summed E-state index contributed by atoms with van der Waals surface area (Å²) < 4.78 is 26.6. The lowest BCUT2D eigenvalue weighted by atomic mass is 10.0. The van der Waals surface area contributed by atoms with Gasteiger partial charge in [-0.2, -0.15) is 0 Å². The number of carbonyl (C=O) groups is 2. The first kappa shape index (κ1) is 30.5. The van der Waals surface area contributed by atoms with Gasteiger partial charge in [-0.1, -0.05) is 84.2 Å². The molecule has 208 valence electrons. The van der Waals surface area contributed by atoms with Gasteiger partial charge in [-0.05, 0) is 48.7 Å². The van der Waals surface area contributed by atoms with Crippen LogP contribution in [0, 0.1) is 6.92 Å². The van der Waals surface area contributed by atoms with Gasteiger partial charge < -0.3 is 10.2 Å². The highest BCUT2D eigenvalue weighted by molar-refractivity contribution is 7.92. The van der Waals surface area contributed by atoms with E-state index >= 15 is 0 Å². The Morgan fingerprint density at radius 3 is 2.18 bits per heavy atom. The first-order valence-electron chi connectivity index (χ1n) is 12.6. The number of benzene rings is 3. The summed E-state index contributed by atoms with van der Waals surface area (Å²) in [6, 6.07) is 20.3. The molecule has 10 heteroatoms. The van der Waals surface area contributed by atoms with Gasteiger partial charge in [0.25, 0.3) is 0 Å². The minimum Gasteiger partial charge on any atom is -0.354 e. The Hall–Kier alpha value is -3.07. The van der Waals surface area contributed by atoms with E-state index in [4.69, 9.17) is 23.2 Å². The number of rotatable bonds is 12. The number of anilines is 1. The van der Waals surface area contributed by atoms with Crippen molar-refractivity contribution in [3.63, 3.8) is 0 Å². The van der Waals surface area contributed by atoms with Gasteiger partial charge in [-0.15, -0.1) is 0 Å². The third-order valence-electron chi connectivity index (χ3n) is 6.16. The van der Waals surface area contributed by atoms with E-state index < -0.39 is 28.5 Å². The van der Waals surface area contributed by atoms with Gasteiger partial charge in [-0.25, -0.2) is 8.42 Å². The van der Waals surface area contributed by atoms with E-state index in [1.165, 1.54) is 4.90 Å². The van der Waals surface area contributed by atoms with Crippen LogP contribution in [0.5, 0.6) is 0 Å². The van der Waals surface area contributed by atoms with Gasteiger partial charge in [-0.3, -0.25) is 13.9 Å². The second-order valence-corrected chi connectivity index (χ2v) is 12.1. The van der Waals surface area contributed by atoms with Gasteiger partial charge in [0.15, 0.2) is 0 Å². The molecule has 3 aromatic carbocycles. The zero-order valence-electron chi connectivity index (χ0n) is 22.2. The Kier molecular flexibility index (Phi) is 10.8. The van der Waals surface area contributed by atoms with Crippen LogP contribution < -0.4 is 9.62 Å². The van der Waals surface area contributed by atoms with Gasteiger partial charge in [0.2, 0.25) is 21.8 Å². The highest BCUT2D eigenvalue weighted by Crippen LogP contribution is 2.25. The summed E-state index contributed by atoms with van der Waals surface area (Å²) in [5, 5.41) is 3.58. The number of hydrogen-bond acceptors (Lipinski definition) is 4. The summed E-state index contributed by atoms with van der Waals surface area (Å²) >= 11 is 12.4. The standard InChI is InChI=1S/C29H33Cl2N3O4S/c1-4-16-32-29(36)27(18-22-8-6-5-7-9-22)33(19-23-12-15-25(30)26(31)17-23)28(35)20-34(39(3,37)38)24-13-10-21(2)11-14-24/h5-15,17,27H,4,16,18-20H2,1-3H3,(H,32,36)/t27-/m1/s1. The summed E-state index contributed by atoms with van der Waals surface area (Å²) in [7, 11) is -3.82. The predicted molar refractivity (Wildman–Crippen MR) is 158 cm³/mol. The van der Waals surface area contributed by atoms with Crippen LogP contribution >= 0.6 is 23.2 Å². The third kappa shape index (κ3) is 8.71. The molecular weight excluding hydrogens is 557 g/mol. The fourth-order valence-corrected chi connectivity index (χ4v) is 5.25. The first-order valence-corrected chi connectivity index (χ1v) is 15.2. The molecule has 0 radical (unpaired) electrons. The number of sulfonamides is 1. The summed E-state index contributed by atoms with van der Waals surface area (Å²) in [6.45, 7) is 3.82. The molecule has 0 heterocycles. The van der Waals surface area contributed by atoms with Crippen molar-refractivity contribution < 1.29 is 18.0 Å². The molecule has 2 amide bonds. The molecular formula is C29H33Cl2N3O4S. The van der Waals surface area contributed by atoms with Crippen LogP contribution in [0.2, 0.25) is 10.0 Å². The van der Waals surface area contributed by atoms with Crippen LogP contribution in [0.15, 0.2) is 72.8 Å². The highest BCUT2D eigenvalue weighted by atomic mass is 35.5. The number of nitrogens with zero attached hydrogens (tertiary/aromatic N) is 2. The topological polar surface area (TPSA) is 86.8 Å². The SMILES string of the molecule is CCCNC(=O)[C@@H](Cc1ccccc1)N(Cc1ccc(Cl)c(Cl)c1)C(=O)CN(c1ccc(C)cc1)S(C)(=O)=O. The Balaban J connectivity index is 2.05. The van der Waals surface area contributed by atoms with Crippen molar-refractivity contribution in [1.29, 1.82) is 0 Å². The Morgan fingerprint density at radius 2 is 1.59 bits per heavy atom. The maximum Gasteiger partial charge on any atom is 0.244 e. The minimum absolute atomic E-state index is 0.0261. The van der Waals surface area contributed by atoms with E-state index in [1.807, 2.05) is 44.2 Å². The van der Waals surface area contributed by atoms with Crippen molar-refractivity contribution >= 4 is 50.7 Å². The van der Waals surface area contributed by atoms with Crippen molar-refractivity contribution in [1.82, 2.24) is 10.2 Å². The van der Waals surface area contributed by atoms with Crippen LogP contribution in [0.4, 0.5) is 5.69 Å². The second kappa shape index (κ2) is 13.8. The molecule has 1 N–H and O–H groups in total. The number of aryl methyl sites for hydroxylation is 1. The normalized spacial score (nSPS) is 12.0. The molecule has 0 aliphatic carbocycles. The molecule has 3 aromatic rings. The zero-order chi connectivity index (χ0) is 28.6. The zero-order valence-corrected chi connectivity index (χ0v) is 24.6. The Morgan fingerprint density at radius 1 is 0.923 bits per heavy atom. The molecule has 1 atom stereocenters. The minimum atomic E-state index is -3.82. The molecule has 0 fully saturated rings. The van der Waals surface area contributed by atoms with Crippen LogP contribution in [0.25, 0.3) is 0 Å². The van der Waals surface area contributed by atoms with E-state index in [0.29, 0.717) is 27.8 Å². The van der Waals surface area contributed by atoms with E-state index in [2.05, 4.69) is 5.32 Å². The number of carbonyl (C=O) groups excluding carboxylic acids is 2. The first-order chi connectivity index (χ1) is 18.5. The van der Waals surface area contributed by atoms with Gasteiger partial charge in [0.05, 0.1) is 22.0 Å². The van der Waals surface area contributed by atoms with Crippen LogP contribution in [0.3, 0.4) is 0 Å². The van der Waals surface area contributed by atoms with Crippen LogP contribution in [-0.4, -0.2) is 50.5 Å².